The minimum absolute atomic E-state index is 0.204. The van der Waals surface area contributed by atoms with Crippen LogP contribution in [0.2, 0.25) is 0 Å². The van der Waals surface area contributed by atoms with Gasteiger partial charge in [-0.3, -0.25) is 25.0 Å². The van der Waals surface area contributed by atoms with Crippen LogP contribution in [0.3, 0.4) is 0 Å². The molecule has 1 saturated heterocycles. The fourth-order valence-corrected chi connectivity index (χ4v) is 3.03. The molecule has 1 N–H and O–H groups in total. The number of hydrogen-bond donors (Lipinski definition) is 1. The number of carbonyl (C=O) groups is 3. The molecule has 3 rings (SSSR count). The van der Waals surface area contributed by atoms with E-state index in [0.717, 1.165) is 40.3 Å². The predicted octanol–water partition coefficient (Wildman–Crippen LogP) is 2.41. The van der Waals surface area contributed by atoms with Crippen LogP contribution >= 0.6 is 15.9 Å². The number of amides is 4. The normalized spacial score (nSPS) is 15.4. The Morgan fingerprint density at radius 1 is 1.20 bits per heavy atom. The third-order valence-electron chi connectivity index (χ3n) is 4.30. The van der Waals surface area contributed by atoms with Crippen molar-refractivity contribution >= 4 is 51.2 Å². The average molecular weight is 475 g/mol. The number of halogens is 1. The molecule has 30 heavy (non-hydrogen) atoms. The number of nitro groups is 1. The highest BCUT2D eigenvalue weighted by Gasteiger charge is 2.37. The molecule has 11 heteroatoms. The number of hydrogen-bond acceptors (Lipinski definition) is 7. The Morgan fingerprint density at radius 2 is 1.90 bits per heavy atom. The van der Waals surface area contributed by atoms with E-state index in [0.29, 0.717) is 0 Å². The standard InChI is InChI=1S/C19H14BrN3O7/c1-9-5-11(3-4-14(9)20)22-18(26)13(17(25)21-19(22)27)7-10-6-12(23(28)29)8-15(30-2)16(10)24/h3-8,24H,1-2H3,(H,21,25,27)/p-1/b13-7-. The largest absolute Gasteiger partial charge is 0.870 e. The fourth-order valence-electron chi connectivity index (χ4n) is 2.79. The Hall–Kier alpha value is -3.73. The molecule has 1 fully saturated rings. The van der Waals surface area contributed by atoms with Crippen molar-refractivity contribution in [1.29, 1.82) is 0 Å². The Balaban J connectivity index is 2.12. The van der Waals surface area contributed by atoms with Crippen LogP contribution in [0.15, 0.2) is 40.4 Å². The van der Waals surface area contributed by atoms with Gasteiger partial charge in [0.1, 0.15) is 11.3 Å². The zero-order chi connectivity index (χ0) is 22.2. The SMILES string of the molecule is COc1cc([N+](=O)[O-])cc(/C=C2/C(=O)NC(=O)N(c3ccc(Br)c(C)c3)C2=O)c1[O-]. The zero-order valence-electron chi connectivity index (χ0n) is 15.6. The topological polar surface area (TPSA) is 142 Å². The van der Waals surface area contributed by atoms with Crippen LogP contribution < -0.4 is 20.1 Å². The summed E-state index contributed by atoms with van der Waals surface area (Å²) in [7, 11) is 1.16. The summed E-state index contributed by atoms with van der Waals surface area (Å²) in [6.07, 6.45) is 0.903. The van der Waals surface area contributed by atoms with Crippen LogP contribution in [0.5, 0.6) is 11.5 Å². The summed E-state index contributed by atoms with van der Waals surface area (Å²) < 4.78 is 5.60. The molecule has 4 amide bonds. The van der Waals surface area contributed by atoms with E-state index in [1.807, 2.05) is 5.32 Å². The van der Waals surface area contributed by atoms with Crippen molar-refractivity contribution in [2.45, 2.75) is 6.92 Å². The van der Waals surface area contributed by atoms with Gasteiger partial charge in [-0.05, 0) is 42.3 Å². The number of anilines is 1. The monoisotopic (exact) mass is 474 g/mol. The van der Waals surface area contributed by atoms with Crippen LogP contribution in [0.1, 0.15) is 11.1 Å². The van der Waals surface area contributed by atoms with Crippen molar-refractivity contribution in [2.24, 2.45) is 0 Å². The first-order valence-corrected chi connectivity index (χ1v) is 9.14. The number of carbonyl (C=O) groups excluding carboxylic acids is 3. The maximum absolute atomic E-state index is 12.9. The Kier molecular flexibility index (Phi) is 5.56. The van der Waals surface area contributed by atoms with Gasteiger partial charge in [0, 0.05) is 10.5 Å². The van der Waals surface area contributed by atoms with Gasteiger partial charge in [0.15, 0.2) is 0 Å². The number of ether oxygens (including phenoxy) is 1. The summed E-state index contributed by atoms with van der Waals surface area (Å²) in [5.41, 5.74) is -0.356. The molecule has 2 aromatic carbocycles. The van der Waals surface area contributed by atoms with Crippen LogP contribution in [-0.4, -0.2) is 29.9 Å². The zero-order valence-corrected chi connectivity index (χ0v) is 17.2. The van der Waals surface area contributed by atoms with E-state index >= 15 is 0 Å². The number of non-ortho nitro benzene ring substituents is 1. The maximum atomic E-state index is 12.9. The Labute approximate surface area is 178 Å². The van der Waals surface area contributed by atoms with Crippen LogP contribution in [-0.2, 0) is 9.59 Å². The second-order valence-corrected chi connectivity index (χ2v) is 7.07. The van der Waals surface area contributed by atoms with Gasteiger partial charge in [0.05, 0.1) is 23.8 Å². The number of nitro benzene ring substituents is 1. The molecule has 10 nitrogen and oxygen atoms in total. The molecule has 2 aromatic rings. The third kappa shape index (κ3) is 3.74. The first kappa shape index (κ1) is 21.0. The maximum Gasteiger partial charge on any atom is 0.335 e. The van der Waals surface area contributed by atoms with Crippen molar-refractivity contribution < 1.29 is 29.2 Å². The number of benzene rings is 2. The van der Waals surface area contributed by atoms with Crippen LogP contribution in [0.25, 0.3) is 6.08 Å². The van der Waals surface area contributed by atoms with Crippen LogP contribution in [0.4, 0.5) is 16.2 Å². The van der Waals surface area contributed by atoms with E-state index in [1.54, 1.807) is 19.1 Å². The lowest BCUT2D eigenvalue weighted by molar-refractivity contribution is -0.385. The Bertz CT molecular complexity index is 1140. The van der Waals surface area contributed by atoms with Crippen molar-refractivity contribution in [3.05, 3.63) is 61.6 Å². The Morgan fingerprint density at radius 3 is 2.50 bits per heavy atom. The summed E-state index contributed by atoms with van der Waals surface area (Å²) in [6, 6.07) is 5.59. The predicted molar refractivity (Wildman–Crippen MR) is 107 cm³/mol. The van der Waals surface area contributed by atoms with Gasteiger partial charge >= 0.3 is 6.03 Å². The highest BCUT2D eigenvalue weighted by molar-refractivity contribution is 9.10. The smallest absolute Gasteiger partial charge is 0.335 e. The second kappa shape index (κ2) is 7.95. The van der Waals surface area contributed by atoms with Gasteiger partial charge < -0.3 is 9.84 Å². The lowest BCUT2D eigenvalue weighted by atomic mass is 10.0. The minimum Gasteiger partial charge on any atom is -0.870 e. The summed E-state index contributed by atoms with van der Waals surface area (Å²) in [6.45, 7) is 1.75. The molecule has 0 bridgehead atoms. The first-order chi connectivity index (χ1) is 14.1. The van der Waals surface area contributed by atoms with E-state index in [4.69, 9.17) is 4.74 Å². The fraction of sp³-hybridized carbons (Fsp3) is 0.105. The lowest BCUT2D eigenvalue weighted by Gasteiger charge is -2.27. The number of nitrogens with zero attached hydrogens (tertiary/aromatic N) is 2. The summed E-state index contributed by atoms with van der Waals surface area (Å²) >= 11 is 3.32. The molecular weight excluding hydrogens is 462 g/mol. The molecule has 0 radical (unpaired) electrons. The van der Waals surface area contributed by atoms with Crippen molar-refractivity contribution in [2.75, 3.05) is 12.0 Å². The number of imide groups is 2. The molecule has 154 valence electrons. The summed E-state index contributed by atoms with van der Waals surface area (Å²) in [4.78, 5) is 48.6. The van der Waals surface area contributed by atoms with Crippen molar-refractivity contribution in [1.82, 2.24) is 5.32 Å². The van der Waals surface area contributed by atoms with E-state index in [-0.39, 0.29) is 17.0 Å². The number of nitrogens with one attached hydrogen (secondary N) is 1. The van der Waals surface area contributed by atoms with Gasteiger partial charge in [-0.15, -0.1) is 0 Å². The number of methoxy groups -OCH3 is 1. The lowest BCUT2D eigenvalue weighted by Crippen LogP contribution is -2.54. The van der Waals surface area contributed by atoms with Crippen molar-refractivity contribution in [3.8, 4) is 11.5 Å². The third-order valence-corrected chi connectivity index (χ3v) is 5.19. The van der Waals surface area contributed by atoms with E-state index in [1.165, 1.54) is 6.07 Å². The van der Waals surface area contributed by atoms with Gasteiger partial charge in [-0.25, -0.2) is 9.69 Å². The van der Waals surface area contributed by atoms with Gasteiger partial charge in [0.25, 0.3) is 17.5 Å². The summed E-state index contributed by atoms with van der Waals surface area (Å²) in [5.74, 6) is -3.08. The first-order valence-electron chi connectivity index (χ1n) is 8.35. The molecule has 0 spiro atoms. The van der Waals surface area contributed by atoms with Gasteiger partial charge in [-0.2, -0.15) is 0 Å². The van der Waals surface area contributed by atoms with Crippen LogP contribution in [0, 0.1) is 17.0 Å². The molecular formula is C19H13BrN3O7-. The van der Waals surface area contributed by atoms with Crippen molar-refractivity contribution in [3.63, 3.8) is 0 Å². The minimum atomic E-state index is -1.03. The molecule has 0 saturated carbocycles. The average Bonchev–Trinajstić information content (AvgIpc) is 2.68. The molecule has 0 aromatic heterocycles. The molecule has 0 aliphatic carbocycles. The van der Waals surface area contributed by atoms with Gasteiger partial charge in [-0.1, -0.05) is 21.7 Å². The number of urea groups is 1. The number of rotatable bonds is 4. The molecule has 0 atom stereocenters. The highest BCUT2D eigenvalue weighted by Crippen LogP contribution is 2.34. The quantitative estimate of drug-likeness (QED) is 0.310. The van der Waals surface area contributed by atoms with E-state index in [9.17, 15) is 29.6 Å². The second-order valence-electron chi connectivity index (χ2n) is 6.21. The molecule has 1 aliphatic rings. The molecule has 1 aliphatic heterocycles. The number of barbiturate groups is 1. The molecule has 0 unspecified atom stereocenters. The number of aryl methyl sites for hydroxylation is 1. The van der Waals surface area contributed by atoms with E-state index < -0.39 is 39.8 Å². The summed E-state index contributed by atoms with van der Waals surface area (Å²) in [5, 5.41) is 25.6. The van der Waals surface area contributed by atoms with E-state index in [2.05, 4.69) is 15.9 Å². The molecule has 1 heterocycles. The highest BCUT2D eigenvalue weighted by atomic mass is 79.9. The van der Waals surface area contributed by atoms with Gasteiger partial charge in [0.2, 0.25) is 0 Å².